The molecule has 1 N–H and O–H groups in total. The summed E-state index contributed by atoms with van der Waals surface area (Å²) >= 11 is 0. The fourth-order valence-electron chi connectivity index (χ4n) is 4.01. The van der Waals surface area contributed by atoms with E-state index in [4.69, 9.17) is 4.74 Å². The van der Waals surface area contributed by atoms with E-state index in [0.717, 1.165) is 5.56 Å². The van der Waals surface area contributed by atoms with Crippen molar-refractivity contribution in [3.8, 4) is 0 Å². The molecule has 10 heteroatoms. The number of carbonyl (C=O) groups is 1. The van der Waals surface area contributed by atoms with Gasteiger partial charge in [0.2, 0.25) is 10.0 Å². The topological polar surface area (TPSA) is 108 Å². The highest BCUT2D eigenvalue weighted by atomic mass is 32.2. The smallest absolute Gasteiger partial charge is 0.254 e. The Hall–Kier alpha value is -2.46. The van der Waals surface area contributed by atoms with Crippen molar-refractivity contribution in [3.05, 3.63) is 41.5 Å². The van der Waals surface area contributed by atoms with E-state index in [1.165, 1.54) is 16.9 Å². The van der Waals surface area contributed by atoms with Crippen LogP contribution in [0.2, 0.25) is 0 Å². The number of fused-ring (bicyclic) bond motifs is 1. The summed E-state index contributed by atoms with van der Waals surface area (Å²) in [4.78, 5) is 19.0. The van der Waals surface area contributed by atoms with E-state index in [9.17, 15) is 13.2 Å². The molecule has 1 aromatic carbocycles. The summed E-state index contributed by atoms with van der Waals surface area (Å²) < 4.78 is 31.5. The van der Waals surface area contributed by atoms with Gasteiger partial charge in [0, 0.05) is 25.2 Å². The third-order valence-corrected chi connectivity index (χ3v) is 6.28. The minimum atomic E-state index is -3.45. The van der Waals surface area contributed by atoms with Gasteiger partial charge in [0.1, 0.15) is 12.2 Å². The zero-order chi connectivity index (χ0) is 20.1. The summed E-state index contributed by atoms with van der Waals surface area (Å²) in [5.41, 5.74) is 1.85. The SMILES string of the molecule is CC1CN(C(=O)c2ccc3c(c2)C(c2ncn[nH]2)CN3S(C)(=O)=O)CC(C)O1. The van der Waals surface area contributed by atoms with Gasteiger partial charge in [-0.15, -0.1) is 0 Å². The fraction of sp³-hybridized carbons (Fsp3) is 0.500. The van der Waals surface area contributed by atoms with Gasteiger partial charge in [0.05, 0.1) is 30.1 Å². The van der Waals surface area contributed by atoms with Crippen molar-refractivity contribution in [2.45, 2.75) is 32.0 Å². The highest BCUT2D eigenvalue weighted by molar-refractivity contribution is 7.92. The van der Waals surface area contributed by atoms with Crippen LogP contribution < -0.4 is 4.31 Å². The number of aromatic nitrogens is 3. The molecule has 1 aromatic heterocycles. The Morgan fingerprint density at radius 1 is 1.21 bits per heavy atom. The summed E-state index contributed by atoms with van der Waals surface area (Å²) in [5, 5.41) is 6.70. The Kier molecular flexibility index (Phi) is 4.62. The maximum Gasteiger partial charge on any atom is 0.254 e. The van der Waals surface area contributed by atoms with Gasteiger partial charge in [-0.2, -0.15) is 5.10 Å². The fourth-order valence-corrected chi connectivity index (χ4v) is 4.96. The molecule has 28 heavy (non-hydrogen) atoms. The quantitative estimate of drug-likeness (QED) is 0.815. The number of aromatic amines is 1. The lowest BCUT2D eigenvalue weighted by Gasteiger charge is -2.35. The molecule has 2 aromatic rings. The lowest BCUT2D eigenvalue weighted by atomic mass is 9.98. The Morgan fingerprint density at radius 2 is 1.93 bits per heavy atom. The van der Waals surface area contributed by atoms with E-state index in [1.807, 2.05) is 13.8 Å². The minimum Gasteiger partial charge on any atom is -0.372 e. The molecule has 3 unspecified atom stereocenters. The first-order valence-electron chi connectivity index (χ1n) is 9.15. The van der Waals surface area contributed by atoms with Gasteiger partial charge in [-0.05, 0) is 37.6 Å². The third-order valence-electron chi connectivity index (χ3n) is 5.14. The summed E-state index contributed by atoms with van der Waals surface area (Å²) in [6.45, 7) is 5.18. The zero-order valence-corrected chi connectivity index (χ0v) is 16.8. The number of morpholine rings is 1. The molecule has 2 aliphatic heterocycles. The van der Waals surface area contributed by atoms with Crippen molar-refractivity contribution in [1.29, 1.82) is 0 Å². The van der Waals surface area contributed by atoms with Gasteiger partial charge in [-0.3, -0.25) is 14.2 Å². The maximum absolute atomic E-state index is 13.1. The van der Waals surface area contributed by atoms with Gasteiger partial charge >= 0.3 is 0 Å². The molecule has 3 atom stereocenters. The summed E-state index contributed by atoms with van der Waals surface area (Å²) in [6.07, 6.45) is 2.52. The van der Waals surface area contributed by atoms with Gasteiger partial charge < -0.3 is 9.64 Å². The first kappa shape index (κ1) is 18.9. The number of nitrogens with one attached hydrogen (secondary N) is 1. The molecular formula is C18H23N5O4S. The van der Waals surface area contributed by atoms with Crippen LogP contribution in [-0.2, 0) is 14.8 Å². The number of benzene rings is 1. The molecule has 0 saturated carbocycles. The predicted molar refractivity (Wildman–Crippen MR) is 103 cm³/mol. The number of ether oxygens (including phenoxy) is 1. The number of carbonyl (C=O) groups excluding carboxylic acids is 1. The average Bonchev–Trinajstić information content (AvgIpc) is 3.26. The first-order chi connectivity index (χ1) is 13.2. The van der Waals surface area contributed by atoms with Crippen molar-refractivity contribution >= 4 is 21.6 Å². The summed E-state index contributed by atoms with van der Waals surface area (Å²) in [6, 6.07) is 5.17. The number of hydrogen-bond donors (Lipinski definition) is 1. The van der Waals surface area contributed by atoms with Crippen molar-refractivity contribution < 1.29 is 17.9 Å². The molecule has 1 fully saturated rings. The van der Waals surface area contributed by atoms with Crippen LogP contribution in [-0.4, -0.2) is 72.5 Å². The normalized spacial score (nSPS) is 25.0. The highest BCUT2D eigenvalue weighted by Crippen LogP contribution is 2.40. The van der Waals surface area contributed by atoms with E-state index in [1.54, 1.807) is 23.1 Å². The van der Waals surface area contributed by atoms with Crippen molar-refractivity contribution in [2.75, 3.05) is 30.2 Å². The van der Waals surface area contributed by atoms with Gasteiger partial charge in [0.15, 0.2) is 0 Å². The van der Waals surface area contributed by atoms with E-state index in [0.29, 0.717) is 30.2 Å². The molecule has 0 spiro atoms. The number of H-pyrrole nitrogens is 1. The number of rotatable bonds is 3. The summed E-state index contributed by atoms with van der Waals surface area (Å²) in [7, 11) is -3.45. The molecule has 0 aliphatic carbocycles. The summed E-state index contributed by atoms with van der Waals surface area (Å²) in [5.74, 6) is 0.187. The average molecular weight is 405 g/mol. The van der Waals surface area contributed by atoms with Crippen LogP contribution in [0.5, 0.6) is 0 Å². The van der Waals surface area contributed by atoms with Gasteiger partial charge in [-0.1, -0.05) is 0 Å². The second-order valence-corrected chi connectivity index (χ2v) is 9.37. The van der Waals surface area contributed by atoms with Crippen LogP contribution in [0.1, 0.15) is 41.5 Å². The Balaban J connectivity index is 1.71. The second kappa shape index (κ2) is 6.85. The molecule has 0 radical (unpaired) electrons. The number of hydrogen-bond acceptors (Lipinski definition) is 6. The van der Waals surface area contributed by atoms with Crippen molar-refractivity contribution in [2.24, 2.45) is 0 Å². The third kappa shape index (κ3) is 3.37. The van der Waals surface area contributed by atoms with Gasteiger partial charge in [-0.25, -0.2) is 13.4 Å². The second-order valence-electron chi connectivity index (χ2n) is 7.46. The lowest BCUT2D eigenvalue weighted by Crippen LogP contribution is -2.48. The van der Waals surface area contributed by atoms with E-state index in [2.05, 4.69) is 15.2 Å². The van der Waals surface area contributed by atoms with E-state index < -0.39 is 10.0 Å². The molecule has 3 heterocycles. The van der Waals surface area contributed by atoms with E-state index in [-0.39, 0.29) is 30.6 Å². The molecule has 2 aliphatic rings. The van der Waals surface area contributed by atoms with Crippen LogP contribution in [0.3, 0.4) is 0 Å². The Labute approximate surface area is 163 Å². The molecule has 9 nitrogen and oxygen atoms in total. The highest BCUT2D eigenvalue weighted by Gasteiger charge is 2.37. The standard InChI is InChI=1S/C18H23N5O4S/c1-11-7-22(8-12(2)27-11)18(24)13-4-5-16-14(6-13)15(17-19-10-20-21-17)9-23(16)28(3,25)26/h4-6,10-12,15H,7-9H2,1-3H3,(H,19,20,21). The minimum absolute atomic E-state index is 0.0233. The molecule has 1 saturated heterocycles. The van der Waals surface area contributed by atoms with Crippen LogP contribution in [0, 0.1) is 0 Å². The largest absolute Gasteiger partial charge is 0.372 e. The van der Waals surface area contributed by atoms with Crippen molar-refractivity contribution in [3.63, 3.8) is 0 Å². The van der Waals surface area contributed by atoms with Gasteiger partial charge in [0.25, 0.3) is 5.91 Å². The monoisotopic (exact) mass is 405 g/mol. The first-order valence-corrected chi connectivity index (χ1v) is 11.0. The van der Waals surface area contributed by atoms with Crippen LogP contribution in [0.15, 0.2) is 24.5 Å². The van der Waals surface area contributed by atoms with Crippen molar-refractivity contribution in [1.82, 2.24) is 20.1 Å². The van der Waals surface area contributed by atoms with E-state index >= 15 is 0 Å². The van der Waals surface area contributed by atoms with Crippen LogP contribution in [0.4, 0.5) is 5.69 Å². The predicted octanol–water partition coefficient (Wildman–Crippen LogP) is 0.966. The van der Waals surface area contributed by atoms with Crippen LogP contribution >= 0.6 is 0 Å². The number of nitrogens with zero attached hydrogens (tertiary/aromatic N) is 4. The maximum atomic E-state index is 13.1. The molecule has 150 valence electrons. The molecule has 4 rings (SSSR count). The molecule has 0 bridgehead atoms. The number of sulfonamides is 1. The van der Waals surface area contributed by atoms with Crippen LogP contribution in [0.25, 0.3) is 0 Å². The number of amides is 1. The molecular weight excluding hydrogens is 382 g/mol. The number of anilines is 1. The zero-order valence-electron chi connectivity index (χ0n) is 16.0. The molecule has 1 amide bonds. The Morgan fingerprint density at radius 3 is 2.54 bits per heavy atom. The Bertz CT molecular complexity index is 981. The lowest BCUT2D eigenvalue weighted by molar-refractivity contribution is -0.0586.